The fourth-order valence-corrected chi connectivity index (χ4v) is 2.14. The van der Waals surface area contributed by atoms with Gasteiger partial charge in [-0.25, -0.2) is 4.39 Å². The zero-order chi connectivity index (χ0) is 11.8. The van der Waals surface area contributed by atoms with Crippen LogP contribution in [0, 0.1) is 11.7 Å². The van der Waals surface area contributed by atoms with Crippen LogP contribution >= 0.6 is 0 Å². The van der Waals surface area contributed by atoms with Crippen LogP contribution in [0.1, 0.15) is 0 Å². The smallest absolute Gasteiger partial charge is 0.233 e. The van der Waals surface area contributed by atoms with Gasteiger partial charge >= 0.3 is 0 Å². The van der Waals surface area contributed by atoms with Gasteiger partial charge in [0.2, 0.25) is 5.91 Å². The normalized spacial score (nSPS) is 25.4. The molecule has 86 valence electrons. The van der Waals surface area contributed by atoms with Crippen LogP contribution in [0.25, 0.3) is 0 Å². The summed E-state index contributed by atoms with van der Waals surface area (Å²) in [5.41, 5.74) is 1.23. The summed E-state index contributed by atoms with van der Waals surface area (Å²) in [6, 6.07) is 4.26. The van der Waals surface area contributed by atoms with E-state index in [0.29, 0.717) is 5.69 Å². The Kier molecular flexibility index (Phi) is 2.21. The van der Waals surface area contributed by atoms with E-state index in [2.05, 4.69) is 10.6 Å². The molecule has 3 nitrogen and oxygen atoms in total. The molecule has 3 rings (SSSR count). The number of carbonyl (C=O) groups is 1. The monoisotopic (exact) mass is 230 g/mol. The average Bonchev–Trinajstić information content (AvgIpc) is 2.46. The Bertz CT molecular complexity index is 536. The Morgan fingerprint density at radius 3 is 2.82 bits per heavy atom. The van der Waals surface area contributed by atoms with Crippen molar-refractivity contribution in [2.24, 2.45) is 5.92 Å². The van der Waals surface area contributed by atoms with Gasteiger partial charge in [-0.3, -0.25) is 4.79 Å². The molecule has 0 bridgehead atoms. The van der Waals surface area contributed by atoms with E-state index in [1.165, 1.54) is 12.1 Å². The second-order valence-corrected chi connectivity index (χ2v) is 4.14. The summed E-state index contributed by atoms with van der Waals surface area (Å²) in [5.74, 6) is -0.732. The molecule has 0 aromatic heterocycles. The third-order valence-electron chi connectivity index (χ3n) is 3.00. The van der Waals surface area contributed by atoms with Gasteiger partial charge in [0, 0.05) is 0 Å². The van der Waals surface area contributed by atoms with Crippen molar-refractivity contribution in [1.82, 2.24) is 0 Å². The van der Waals surface area contributed by atoms with E-state index in [4.69, 9.17) is 0 Å². The van der Waals surface area contributed by atoms with E-state index >= 15 is 0 Å². The number of anilines is 2. The zero-order valence-corrected chi connectivity index (χ0v) is 8.98. The molecule has 2 N–H and O–H groups in total. The molecule has 1 heterocycles. The number of hydrogen-bond acceptors (Lipinski definition) is 2. The zero-order valence-electron chi connectivity index (χ0n) is 8.98. The molecule has 0 saturated heterocycles. The van der Waals surface area contributed by atoms with Gasteiger partial charge < -0.3 is 10.6 Å². The number of halogens is 1. The molecular formula is C13H11FN2O. The van der Waals surface area contributed by atoms with Crippen molar-refractivity contribution in [3.8, 4) is 0 Å². The predicted molar refractivity (Wildman–Crippen MR) is 64.2 cm³/mol. The first-order valence-electron chi connectivity index (χ1n) is 5.46. The maximum absolute atomic E-state index is 13.1. The van der Waals surface area contributed by atoms with E-state index in [9.17, 15) is 9.18 Å². The first-order valence-corrected chi connectivity index (χ1v) is 5.46. The van der Waals surface area contributed by atoms with E-state index < -0.39 is 0 Å². The Balaban J connectivity index is 2.04. The summed E-state index contributed by atoms with van der Waals surface area (Å²) in [6.07, 6.45) is 7.52. The largest absolute Gasteiger partial charge is 0.376 e. The Morgan fingerprint density at radius 1 is 1.12 bits per heavy atom. The number of hydrogen-bond donors (Lipinski definition) is 2. The molecule has 0 radical (unpaired) electrons. The summed E-state index contributed by atoms with van der Waals surface area (Å²) in [7, 11) is 0. The molecule has 1 aliphatic heterocycles. The van der Waals surface area contributed by atoms with Crippen LogP contribution in [-0.2, 0) is 4.79 Å². The van der Waals surface area contributed by atoms with E-state index in [1.807, 2.05) is 24.3 Å². The molecule has 2 atom stereocenters. The molecule has 1 aromatic rings. The Morgan fingerprint density at radius 2 is 1.94 bits per heavy atom. The van der Waals surface area contributed by atoms with Crippen LogP contribution in [0.4, 0.5) is 15.8 Å². The molecule has 0 saturated carbocycles. The molecular weight excluding hydrogens is 219 g/mol. The van der Waals surface area contributed by atoms with Crippen LogP contribution < -0.4 is 10.6 Å². The molecule has 4 heteroatoms. The van der Waals surface area contributed by atoms with Gasteiger partial charge in [-0.15, -0.1) is 0 Å². The molecule has 1 aliphatic carbocycles. The average molecular weight is 230 g/mol. The van der Waals surface area contributed by atoms with Crippen molar-refractivity contribution >= 4 is 17.3 Å². The van der Waals surface area contributed by atoms with Gasteiger partial charge in [-0.1, -0.05) is 24.3 Å². The Hall–Kier alpha value is -2.10. The maximum Gasteiger partial charge on any atom is 0.233 e. The van der Waals surface area contributed by atoms with Crippen LogP contribution in [-0.4, -0.2) is 11.9 Å². The highest BCUT2D eigenvalue weighted by Crippen LogP contribution is 2.30. The third kappa shape index (κ3) is 1.71. The van der Waals surface area contributed by atoms with Crippen LogP contribution in [0.15, 0.2) is 42.5 Å². The number of rotatable bonds is 0. The summed E-state index contributed by atoms with van der Waals surface area (Å²) < 4.78 is 13.1. The minimum absolute atomic E-state index is 0.0771. The van der Waals surface area contributed by atoms with Crippen molar-refractivity contribution in [3.63, 3.8) is 0 Å². The van der Waals surface area contributed by atoms with Gasteiger partial charge in [0.25, 0.3) is 0 Å². The fraction of sp³-hybridized carbons (Fsp3) is 0.154. The molecule has 0 spiro atoms. The molecule has 2 unspecified atom stereocenters. The Labute approximate surface area is 98.0 Å². The predicted octanol–water partition coefficient (Wildman–Crippen LogP) is 2.30. The summed E-state index contributed by atoms with van der Waals surface area (Å²) in [6.45, 7) is 0. The lowest BCUT2D eigenvalue weighted by Gasteiger charge is -2.21. The summed E-state index contributed by atoms with van der Waals surface area (Å²) in [5, 5.41) is 5.97. The van der Waals surface area contributed by atoms with Gasteiger partial charge in [-0.05, 0) is 18.2 Å². The second-order valence-electron chi connectivity index (χ2n) is 4.14. The number of amides is 1. The highest BCUT2D eigenvalue weighted by Gasteiger charge is 2.29. The van der Waals surface area contributed by atoms with Gasteiger partial charge in [-0.2, -0.15) is 0 Å². The van der Waals surface area contributed by atoms with E-state index in [0.717, 1.165) is 5.69 Å². The molecule has 0 fully saturated rings. The number of fused-ring (bicyclic) bond motifs is 2. The highest BCUT2D eigenvalue weighted by atomic mass is 19.1. The standard InChI is InChI=1S/C13H11FN2O/c14-8-5-6-11-12(7-8)16-13(17)9-3-1-2-4-10(9)15-11/h1-7,9-10,15H,(H,16,17). The highest BCUT2D eigenvalue weighted by molar-refractivity contribution is 5.99. The van der Waals surface area contributed by atoms with Crippen LogP contribution in [0.3, 0.4) is 0 Å². The third-order valence-corrected chi connectivity index (χ3v) is 3.00. The van der Waals surface area contributed by atoms with Crippen molar-refractivity contribution in [2.45, 2.75) is 6.04 Å². The minimum atomic E-state index is -0.359. The lowest BCUT2D eigenvalue weighted by molar-refractivity contribution is -0.118. The quantitative estimate of drug-likeness (QED) is 0.718. The lowest BCUT2D eigenvalue weighted by Crippen LogP contribution is -2.33. The van der Waals surface area contributed by atoms with Crippen molar-refractivity contribution < 1.29 is 9.18 Å². The molecule has 17 heavy (non-hydrogen) atoms. The van der Waals surface area contributed by atoms with Crippen molar-refractivity contribution in [1.29, 1.82) is 0 Å². The van der Waals surface area contributed by atoms with Gasteiger partial charge in [0.05, 0.1) is 23.3 Å². The topological polar surface area (TPSA) is 41.1 Å². The number of carbonyl (C=O) groups excluding carboxylic acids is 1. The van der Waals surface area contributed by atoms with Gasteiger partial charge in [0.15, 0.2) is 0 Å². The summed E-state index contributed by atoms with van der Waals surface area (Å²) >= 11 is 0. The van der Waals surface area contributed by atoms with Crippen LogP contribution in [0.5, 0.6) is 0 Å². The maximum atomic E-state index is 13.1. The lowest BCUT2D eigenvalue weighted by atomic mass is 9.94. The van der Waals surface area contributed by atoms with E-state index in [-0.39, 0.29) is 23.7 Å². The summed E-state index contributed by atoms with van der Waals surface area (Å²) in [4.78, 5) is 12.0. The van der Waals surface area contributed by atoms with E-state index in [1.54, 1.807) is 6.07 Å². The van der Waals surface area contributed by atoms with Gasteiger partial charge in [0.1, 0.15) is 5.82 Å². The number of benzene rings is 1. The fourth-order valence-electron chi connectivity index (χ4n) is 2.14. The number of nitrogens with one attached hydrogen (secondary N) is 2. The molecule has 1 aromatic carbocycles. The van der Waals surface area contributed by atoms with Crippen molar-refractivity contribution in [3.05, 3.63) is 48.3 Å². The van der Waals surface area contributed by atoms with Crippen LogP contribution in [0.2, 0.25) is 0 Å². The number of allylic oxidation sites excluding steroid dienone is 2. The molecule has 1 amide bonds. The first kappa shape index (κ1) is 10.1. The first-order chi connectivity index (χ1) is 8.24. The SMILES string of the molecule is O=C1Nc2cc(F)ccc2NC2C=CC=CC12. The molecule has 2 aliphatic rings. The second kappa shape index (κ2) is 3.73. The van der Waals surface area contributed by atoms with Crippen molar-refractivity contribution in [2.75, 3.05) is 10.6 Å². The minimum Gasteiger partial charge on any atom is -0.376 e.